The first-order chi connectivity index (χ1) is 13.9. The van der Waals surface area contributed by atoms with E-state index in [0.717, 1.165) is 38.2 Å². The summed E-state index contributed by atoms with van der Waals surface area (Å²) in [6.07, 6.45) is 0.504. The molecule has 1 unspecified atom stereocenters. The van der Waals surface area contributed by atoms with E-state index < -0.39 is 17.9 Å². The summed E-state index contributed by atoms with van der Waals surface area (Å²) in [6, 6.07) is 14.1. The van der Waals surface area contributed by atoms with Gasteiger partial charge in [-0.25, -0.2) is 0 Å². The van der Waals surface area contributed by atoms with Gasteiger partial charge in [-0.05, 0) is 63.2 Å². The summed E-state index contributed by atoms with van der Waals surface area (Å²) in [7, 11) is 0. The van der Waals surface area contributed by atoms with Crippen molar-refractivity contribution in [1.29, 1.82) is 0 Å². The van der Waals surface area contributed by atoms with E-state index in [1.165, 1.54) is 0 Å². The van der Waals surface area contributed by atoms with Crippen molar-refractivity contribution in [2.75, 3.05) is 6.61 Å². The summed E-state index contributed by atoms with van der Waals surface area (Å²) < 4.78 is 0. The van der Waals surface area contributed by atoms with Gasteiger partial charge in [0.05, 0.1) is 12.7 Å². The Balaban J connectivity index is 2.26. The lowest BCUT2D eigenvalue weighted by atomic mass is 9.86. The average molecular weight is 394 g/mol. The fraction of sp³-hybridized carbons (Fsp3) is 0.304. The summed E-state index contributed by atoms with van der Waals surface area (Å²) in [6.45, 7) is -0.359. The van der Waals surface area contributed by atoms with E-state index in [2.05, 4.69) is 12.1 Å². The van der Waals surface area contributed by atoms with Crippen molar-refractivity contribution in [3.8, 4) is 0 Å². The smallest absolute Gasteiger partial charge is 0.217 e. The van der Waals surface area contributed by atoms with Crippen molar-refractivity contribution in [2.24, 2.45) is 11.5 Å². The second kappa shape index (κ2) is 9.03. The number of carbonyl (C=O) groups is 2. The largest absolute Gasteiger partial charge is 0.394 e. The van der Waals surface area contributed by atoms with Crippen molar-refractivity contribution in [3.05, 3.63) is 59.2 Å². The lowest BCUT2D eigenvalue weighted by Crippen LogP contribution is -2.19. The topological polar surface area (TPSA) is 127 Å². The highest BCUT2D eigenvalue weighted by atomic mass is 16.3. The van der Waals surface area contributed by atoms with Crippen LogP contribution in [0.1, 0.15) is 29.5 Å². The minimum atomic E-state index is -0.913. The molecule has 1 atom stereocenters. The standard InChI is InChI=1S/C23H26N2O4/c24-22(28)7-5-19-17(11-18(27)13-26)10-16-9-14-3-1-2-4-15(14)12-21(16)20(19)6-8-23(25)29/h1-4,9-10,12,18,26-27H,5-8,11,13H2,(H2,24,28)(H2,25,29). The first kappa shape index (κ1) is 20.8. The van der Waals surface area contributed by atoms with Crippen LogP contribution >= 0.6 is 0 Å². The molecule has 0 aliphatic heterocycles. The first-order valence-corrected chi connectivity index (χ1v) is 9.70. The van der Waals surface area contributed by atoms with E-state index in [9.17, 15) is 19.8 Å². The predicted octanol–water partition coefficient (Wildman–Crippen LogP) is 1.72. The molecule has 6 N–H and O–H groups in total. The van der Waals surface area contributed by atoms with Crippen LogP contribution in [0.25, 0.3) is 21.5 Å². The van der Waals surface area contributed by atoms with Gasteiger partial charge in [-0.2, -0.15) is 0 Å². The van der Waals surface area contributed by atoms with E-state index in [4.69, 9.17) is 11.5 Å². The van der Waals surface area contributed by atoms with Gasteiger partial charge in [0.25, 0.3) is 0 Å². The van der Waals surface area contributed by atoms with Crippen LogP contribution in [0, 0.1) is 0 Å². The van der Waals surface area contributed by atoms with Crippen molar-refractivity contribution in [1.82, 2.24) is 0 Å². The summed E-state index contributed by atoms with van der Waals surface area (Å²) in [4.78, 5) is 22.9. The van der Waals surface area contributed by atoms with E-state index in [1.54, 1.807) is 0 Å². The molecule has 2 amide bonds. The number of hydrogen-bond donors (Lipinski definition) is 4. The Morgan fingerprint density at radius 1 is 0.862 bits per heavy atom. The highest BCUT2D eigenvalue weighted by Gasteiger charge is 2.18. The number of benzene rings is 3. The molecule has 6 heteroatoms. The lowest BCUT2D eigenvalue weighted by Gasteiger charge is -2.20. The summed E-state index contributed by atoms with van der Waals surface area (Å²) in [5.41, 5.74) is 13.4. The third kappa shape index (κ3) is 4.91. The molecule has 0 bridgehead atoms. The Morgan fingerprint density at radius 3 is 2.03 bits per heavy atom. The second-order valence-electron chi connectivity index (χ2n) is 7.39. The number of nitrogens with two attached hydrogens (primary N) is 2. The maximum atomic E-state index is 11.5. The van der Waals surface area contributed by atoms with Crippen molar-refractivity contribution >= 4 is 33.4 Å². The van der Waals surface area contributed by atoms with Gasteiger partial charge in [-0.15, -0.1) is 0 Å². The third-order valence-corrected chi connectivity index (χ3v) is 5.23. The number of amides is 2. The summed E-state index contributed by atoms with van der Waals surface area (Å²) in [5, 5.41) is 23.5. The van der Waals surface area contributed by atoms with Crippen molar-refractivity contribution in [3.63, 3.8) is 0 Å². The minimum Gasteiger partial charge on any atom is -0.394 e. The maximum Gasteiger partial charge on any atom is 0.217 e. The van der Waals surface area contributed by atoms with E-state index in [-0.39, 0.29) is 25.9 Å². The third-order valence-electron chi connectivity index (χ3n) is 5.23. The van der Waals surface area contributed by atoms with Gasteiger partial charge in [-0.3, -0.25) is 9.59 Å². The van der Waals surface area contributed by atoms with E-state index in [0.29, 0.717) is 12.8 Å². The highest BCUT2D eigenvalue weighted by molar-refractivity contribution is 6.00. The number of fused-ring (bicyclic) bond motifs is 2. The Kier molecular flexibility index (Phi) is 6.46. The van der Waals surface area contributed by atoms with Gasteiger partial charge in [0, 0.05) is 19.3 Å². The fourth-order valence-corrected chi connectivity index (χ4v) is 3.86. The van der Waals surface area contributed by atoms with Gasteiger partial charge in [0.15, 0.2) is 0 Å². The molecule has 3 rings (SSSR count). The maximum absolute atomic E-state index is 11.5. The molecular formula is C23H26N2O4. The van der Waals surface area contributed by atoms with E-state index in [1.807, 2.05) is 30.3 Å². The van der Waals surface area contributed by atoms with Gasteiger partial charge < -0.3 is 21.7 Å². The number of rotatable bonds is 9. The van der Waals surface area contributed by atoms with Crippen LogP contribution in [-0.4, -0.2) is 34.7 Å². The highest BCUT2D eigenvalue weighted by Crippen LogP contribution is 2.32. The average Bonchev–Trinajstić information content (AvgIpc) is 2.69. The molecule has 29 heavy (non-hydrogen) atoms. The van der Waals surface area contributed by atoms with Gasteiger partial charge in [-0.1, -0.05) is 30.3 Å². The first-order valence-electron chi connectivity index (χ1n) is 9.70. The molecule has 6 nitrogen and oxygen atoms in total. The SMILES string of the molecule is NC(=O)CCc1c(CC(O)CO)cc2cc3ccccc3cc2c1CCC(N)=O. The van der Waals surface area contributed by atoms with Crippen LogP contribution in [-0.2, 0) is 28.9 Å². The van der Waals surface area contributed by atoms with Crippen LogP contribution in [0.4, 0.5) is 0 Å². The number of carbonyl (C=O) groups excluding carboxylic acids is 2. The Hall–Kier alpha value is -2.96. The zero-order valence-corrected chi connectivity index (χ0v) is 16.2. The van der Waals surface area contributed by atoms with Gasteiger partial charge in [0.2, 0.25) is 11.8 Å². The van der Waals surface area contributed by atoms with Gasteiger partial charge >= 0.3 is 0 Å². The molecule has 0 aliphatic carbocycles. The molecule has 0 fully saturated rings. The van der Waals surface area contributed by atoms with Crippen LogP contribution in [0.15, 0.2) is 42.5 Å². The zero-order valence-electron chi connectivity index (χ0n) is 16.2. The lowest BCUT2D eigenvalue weighted by molar-refractivity contribution is -0.118. The monoisotopic (exact) mass is 394 g/mol. The Bertz CT molecular complexity index is 1060. The molecular weight excluding hydrogens is 368 g/mol. The predicted molar refractivity (Wildman–Crippen MR) is 113 cm³/mol. The molecule has 0 saturated heterocycles. The van der Waals surface area contributed by atoms with Crippen LogP contribution in [0.2, 0.25) is 0 Å². The summed E-state index contributed by atoms with van der Waals surface area (Å²) in [5.74, 6) is -0.821. The Labute approximate surface area is 169 Å². The number of aliphatic hydroxyl groups is 2. The second-order valence-corrected chi connectivity index (χ2v) is 7.39. The van der Waals surface area contributed by atoms with Crippen molar-refractivity contribution < 1.29 is 19.8 Å². The molecule has 0 spiro atoms. The van der Waals surface area contributed by atoms with E-state index >= 15 is 0 Å². The number of aliphatic hydroxyl groups excluding tert-OH is 2. The number of primary amides is 2. The molecule has 152 valence electrons. The summed E-state index contributed by atoms with van der Waals surface area (Å²) >= 11 is 0. The molecule has 0 aliphatic rings. The molecule has 3 aromatic carbocycles. The molecule has 0 heterocycles. The molecule has 0 radical (unpaired) electrons. The molecule has 0 saturated carbocycles. The normalized spacial score (nSPS) is 12.3. The number of hydrogen-bond acceptors (Lipinski definition) is 4. The minimum absolute atomic E-state index is 0.158. The van der Waals surface area contributed by atoms with Crippen LogP contribution < -0.4 is 11.5 Å². The quantitative estimate of drug-likeness (QED) is 0.412. The van der Waals surface area contributed by atoms with Crippen LogP contribution in [0.5, 0.6) is 0 Å². The zero-order chi connectivity index (χ0) is 21.0. The van der Waals surface area contributed by atoms with Crippen molar-refractivity contribution in [2.45, 2.75) is 38.2 Å². The Morgan fingerprint density at radius 2 is 1.45 bits per heavy atom. The van der Waals surface area contributed by atoms with Crippen LogP contribution in [0.3, 0.4) is 0 Å². The van der Waals surface area contributed by atoms with Gasteiger partial charge in [0.1, 0.15) is 0 Å². The molecule has 0 aromatic heterocycles. The fourth-order valence-electron chi connectivity index (χ4n) is 3.86. The molecule has 3 aromatic rings. The number of aryl methyl sites for hydroxylation is 1.